The second-order valence-electron chi connectivity index (χ2n) is 3.66. The summed E-state index contributed by atoms with van der Waals surface area (Å²) in [6.07, 6.45) is 0.490. The van der Waals surface area contributed by atoms with Crippen LogP contribution in [0, 0.1) is 11.8 Å². The molecule has 4 nitrogen and oxygen atoms in total. The number of carbonyl (C=O) groups excluding carboxylic acids is 2. The van der Waals surface area contributed by atoms with E-state index in [1.165, 1.54) is 4.90 Å². The van der Waals surface area contributed by atoms with Crippen LogP contribution in [0.15, 0.2) is 0 Å². The standard InChI is InChI=1S/C9H13NO3S/c11-3-1-2-10-8(12)6-4-14-5-7(6)9(10)13/h6-7,11H,1-5H2/t6-,7+. The highest BCUT2D eigenvalue weighted by molar-refractivity contribution is 7.99. The molecule has 0 aromatic heterocycles. The molecule has 2 aliphatic heterocycles. The van der Waals surface area contributed by atoms with Crippen LogP contribution in [0.5, 0.6) is 0 Å². The molecule has 14 heavy (non-hydrogen) atoms. The summed E-state index contributed by atoms with van der Waals surface area (Å²) < 4.78 is 0. The Balaban J connectivity index is 2.06. The highest BCUT2D eigenvalue weighted by Gasteiger charge is 2.49. The number of hydrogen-bond donors (Lipinski definition) is 1. The fourth-order valence-corrected chi connectivity index (χ4v) is 3.39. The first kappa shape index (κ1) is 9.98. The second kappa shape index (κ2) is 3.90. The van der Waals surface area contributed by atoms with Crippen LogP contribution in [0.3, 0.4) is 0 Å². The fraction of sp³-hybridized carbons (Fsp3) is 0.778. The van der Waals surface area contributed by atoms with Gasteiger partial charge in [-0.3, -0.25) is 14.5 Å². The van der Waals surface area contributed by atoms with Crippen LogP contribution < -0.4 is 0 Å². The van der Waals surface area contributed by atoms with E-state index in [2.05, 4.69) is 0 Å². The molecule has 78 valence electrons. The van der Waals surface area contributed by atoms with Gasteiger partial charge in [-0.25, -0.2) is 0 Å². The maximum absolute atomic E-state index is 11.7. The Hall–Kier alpha value is -0.550. The molecular weight excluding hydrogens is 202 g/mol. The zero-order chi connectivity index (χ0) is 10.1. The van der Waals surface area contributed by atoms with Crippen LogP contribution in [0.4, 0.5) is 0 Å². The van der Waals surface area contributed by atoms with Gasteiger partial charge in [0.2, 0.25) is 11.8 Å². The molecule has 2 amide bonds. The third-order valence-electron chi connectivity index (χ3n) is 2.79. The van der Waals surface area contributed by atoms with Gasteiger partial charge < -0.3 is 5.11 Å². The van der Waals surface area contributed by atoms with Crippen molar-refractivity contribution in [1.82, 2.24) is 4.90 Å². The SMILES string of the molecule is O=C1[C@H]2CSC[C@H]2C(=O)N1CCCO. The number of carbonyl (C=O) groups is 2. The number of thioether (sulfide) groups is 1. The van der Waals surface area contributed by atoms with Crippen LogP contribution in [-0.2, 0) is 9.59 Å². The number of likely N-dealkylation sites (tertiary alicyclic amines) is 1. The lowest BCUT2D eigenvalue weighted by molar-refractivity contribution is -0.139. The van der Waals surface area contributed by atoms with Crippen LogP contribution >= 0.6 is 11.8 Å². The maximum atomic E-state index is 11.7. The van der Waals surface area contributed by atoms with Crippen molar-refractivity contribution < 1.29 is 14.7 Å². The van der Waals surface area contributed by atoms with Gasteiger partial charge in [-0.15, -0.1) is 0 Å². The minimum Gasteiger partial charge on any atom is -0.396 e. The molecule has 0 aliphatic carbocycles. The summed E-state index contributed by atoms with van der Waals surface area (Å²) in [5.74, 6) is 1.35. The first-order valence-corrected chi connectivity index (χ1v) is 5.95. The van der Waals surface area contributed by atoms with Crippen LogP contribution in [0.2, 0.25) is 0 Å². The molecule has 0 radical (unpaired) electrons. The predicted octanol–water partition coefficient (Wildman–Crippen LogP) is -0.283. The highest BCUT2D eigenvalue weighted by Crippen LogP contribution is 2.37. The van der Waals surface area contributed by atoms with Gasteiger partial charge in [0.15, 0.2) is 0 Å². The van der Waals surface area contributed by atoms with Crippen molar-refractivity contribution in [2.75, 3.05) is 24.7 Å². The van der Waals surface area contributed by atoms with Crippen LogP contribution in [-0.4, -0.2) is 46.5 Å². The molecule has 1 N–H and O–H groups in total. The number of fused-ring (bicyclic) bond motifs is 1. The largest absolute Gasteiger partial charge is 0.396 e. The van der Waals surface area contributed by atoms with Crippen LogP contribution in [0.25, 0.3) is 0 Å². The van der Waals surface area contributed by atoms with E-state index in [4.69, 9.17) is 5.11 Å². The van der Waals surface area contributed by atoms with Crippen molar-refractivity contribution in [3.63, 3.8) is 0 Å². The summed E-state index contributed by atoms with van der Waals surface area (Å²) in [5, 5.41) is 8.65. The average molecular weight is 215 g/mol. The summed E-state index contributed by atoms with van der Waals surface area (Å²) >= 11 is 1.68. The highest BCUT2D eigenvalue weighted by atomic mass is 32.2. The van der Waals surface area contributed by atoms with Gasteiger partial charge in [-0.1, -0.05) is 0 Å². The zero-order valence-electron chi connectivity index (χ0n) is 7.81. The Morgan fingerprint density at radius 2 is 1.86 bits per heavy atom. The molecule has 0 saturated carbocycles. The molecule has 2 atom stereocenters. The summed E-state index contributed by atoms with van der Waals surface area (Å²) in [6.45, 7) is 0.410. The lowest BCUT2D eigenvalue weighted by atomic mass is 10.00. The van der Waals surface area contributed by atoms with Gasteiger partial charge in [0.25, 0.3) is 0 Å². The van der Waals surface area contributed by atoms with Gasteiger partial charge in [0.1, 0.15) is 0 Å². The molecule has 2 fully saturated rings. The third kappa shape index (κ3) is 1.44. The Kier molecular flexibility index (Phi) is 2.78. The van der Waals surface area contributed by atoms with Crippen molar-refractivity contribution in [3.8, 4) is 0 Å². The van der Waals surface area contributed by atoms with Crippen molar-refractivity contribution in [2.45, 2.75) is 6.42 Å². The van der Waals surface area contributed by atoms with Gasteiger partial charge in [0.05, 0.1) is 11.8 Å². The van der Waals surface area contributed by atoms with Gasteiger partial charge >= 0.3 is 0 Å². The summed E-state index contributed by atoms with van der Waals surface area (Å²) in [5.41, 5.74) is 0. The number of aliphatic hydroxyl groups is 1. The Labute approximate surface area is 86.6 Å². The van der Waals surface area contributed by atoms with Crippen LogP contribution in [0.1, 0.15) is 6.42 Å². The summed E-state index contributed by atoms with van der Waals surface area (Å²) in [4.78, 5) is 24.8. The monoisotopic (exact) mass is 215 g/mol. The minimum absolute atomic E-state index is 0.0289. The van der Waals surface area contributed by atoms with Crippen molar-refractivity contribution in [1.29, 1.82) is 0 Å². The minimum atomic E-state index is -0.0776. The lowest BCUT2D eigenvalue weighted by Gasteiger charge is -2.14. The van der Waals surface area contributed by atoms with E-state index in [1.807, 2.05) is 0 Å². The summed E-state index contributed by atoms with van der Waals surface area (Å²) in [6, 6.07) is 0. The molecule has 2 heterocycles. The molecule has 0 aromatic rings. The molecule has 0 spiro atoms. The third-order valence-corrected chi connectivity index (χ3v) is 3.98. The van der Waals surface area contributed by atoms with Crippen molar-refractivity contribution in [2.24, 2.45) is 11.8 Å². The number of nitrogens with zero attached hydrogens (tertiary/aromatic N) is 1. The Bertz CT molecular complexity index is 247. The molecule has 5 heteroatoms. The average Bonchev–Trinajstić information content (AvgIpc) is 2.72. The maximum Gasteiger partial charge on any atom is 0.233 e. The second-order valence-corrected chi connectivity index (χ2v) is 4.73. The number of aliphatic hydroxyl groups excluding tert-OH is 1. The lowest BCUT2D eigenvalue weighted by Crippen LogP contribution is -2.33. The van der Waals surface area contributed by atoms with E-state index in [0.29, 0.717) is 13.0 Å². The quantitative estimate of drug-likeness (QED) is 0.658. The van der Waals surface area contributed by atoms with E-state index in [9.17, 15) is 9.59 Å². The van der Waals surface area contributed by atoms with Gasteiger partial charge in [0, 0.05) is 24.7 Å². The van der Waals surface area contributed by atoms with E-state index in [1.54, 1.807) is 11.8 Å². The molecule has 2 aliphatic rings. The molecule has 0 unspecified atom stereocenters. The predicted molar refractivity (Wildman–Crippen MR) is 52.7 cm³/mol. The molecular formula is C9H13NO3S. The first-order valence-electron chi connectivity index (χ1n) is 4.79. The molecule has 0 bridgehead atoms. The molecule has 0 aromatic carbocycles. The molecule has 2 saturated heterocycles. The van der Waals surface area contributed by atoms with E-state index >= 15 is 0 Å². The van der Waals surface area contributed by atoms with E-state index < -0.39 is 0 Å². The van der Waals surface area contributed by atoms with Gasteiger partial charge in [-0.2, -0.15) is 11.8 Å². The number of rotatable bonds is 3. The smallest absolute Gasteiger partial charge is 0.233 e. The van der Waals surface area contributed by atoms with Crippen molar-refractivity contribution >= 4 is 23.6 Å². The fourth-order valence-electron chi connectivity index (χ4n) is 2.00. The Morgan fingerprint density at radius 1 is 1.29 bits per heavy atom. The van der Waals surface area contributed by atoms with E-state index in [-0.39, 0.29) is 30.3 Å². The van der Waals surface area contributed by atoms with Crippen molar-refractivity contribution in [3.05, 3.63) is 0 Å². The normalized spacial score (nSPS) is 31.4. The summed E-state index contributed by atoms with van der Waals surface area (Å²) in [7, 11) is 0. The van der Waals surface area contributed by atoms with Gasteiger partial charge in [-0.05, 0) is 6.42 Å². The van der Waals surface area contributed by atoms with E-state index in [0.717, 1.165) is 11.5 Å². The number of hydrogen-bond acceptors (Lipinski definition) is 4. The topological polar surface area (TPSA) is 57.6 Å². The Morgan fingerprint density at radius 3 is 2.36 bits per heavy atom. The molecule has 2 rings (SSSR count). The number of imide groups is 1. The number of amides is 2. The zero-order valence-corrected chi connectivity index (χ0v) is 8.63. The first-order chi connectivity index (χ1) is 6.75.